The van der Waals surface area contributed by atoms with Gasteiger partial charge in [0.05, 0.1) is 6.10 Å². The third-order valence-electron chi connectivity index (χ3n) is 3.55. The molecule has 5 heteroatoms. The van der Waals surface area contributed by atoms with E-state index >= 15 is 0 Å². The Hall–Kier alpha value is -0.810. The van der Waals surface area contributed by atoms with Crippen molar-refractivity contribution in [2.75, 3.05) is 20.2 Å². The van der Waals surface area contributed by atoms with E-state index < -0.39 is 0 Å². The second-order valence-corrected chi connectivity index (χ2v) is 5.90. The molecule has 0 saturated carbocycles. The summed E-state index contributed by atoms with van der Waals surface area (Å²) in [6.45, 7) is 4.51. The van der Waals surface area contributed by atoms with Gasteiger partial charge in [0, 0.05) is 37.4 Å². The molecule has 1 amide bonds. The number of piperidine rings is 1. The monoisotopic (exact) mass is 328 g/mol. The molecule has 0 aliphatic carbocycles. The molecule has 1 saturated heterocycles. The number of ether oxygens (including phenoxy) is 1. The summed E-state index contributed by atoms with van der Waals surface area (Å²) >= 11 is 3.45. The van der Waals surface area contributed by atoms with Crippen LogP contribution in [0.15, 0.2) is 16.7 Å². The molecule has 4 nitrogen and oxygen atoms in total. The van der Waals surface area contributed by atoms with Crippen molar-refractivity contribution in [3.8, 4) is 0 Å². The minimum atomic E-state index is 0.112. The number of hydrogen-bond acceptors (Lipinski definition) is 2. The molecule has 0 spiro atoms. The maximum Gasteiger partial charge on any atom is 0.270 e. The lowest BCUT2D eigenvalue weighted by molar-refractivity contribution is 0.0263. The molecule has 19 heavy (non-hydrogen) atoms. The molecule has 1 aliphatic rings. The summed E-state index contributed by atoms with van der Waals surface area (Å²) in [4.78, 5) is 14.5. The van der Waals surface area contributed by atoms with E-state index in [-0.39, 0.29) is 12.0 Å². The first-order chi connectivity index (χ1) is 9.15. The number of hydrogen-bond donors (Lipinski definition) is 0. The molecule has 106 valence electrons. The van der Waals surface area contributed by atoms with Crippen LogP contribution in [-0.2, 0) is 11.3 Å². The molecular weight excluding hydrogens is 308 g/mol. The predicted octanol–water partition coefficient (Wildman–Crippen LogP) is 2.91. The molecule has 1 unspecified atom stereocenters. The SMILES string of the molecule is CCCn1cc(Br)cc1C(=O)N1CCCC(OC)C1. The molecular formula is C14H21BrN2O2. The molecule has 1 aromatic heterocycles. The molecule has 2 rings (SSSR count). The first-order valence-corrected chi connectivity index (χ1v) is 7.62. The summed E-state index contributed by atoms with van der Waals surface area (Å²) in [5.41, 5.74) is 0.769. The third-order valence-corrected chi connectivity index (χ3v) is 3.98. The number of rotatable bonds is 4. The number of halogens is 1. The lowest BCUT2D eigenvalue weighted by atomic mass is 10.1. The molecule has 1 aromatic rings. The average molecular weight is 329 g/mol. The van der Waals surface area contributed by atoms with Crippen LogP contribution in [0.1, 0.15) is 36.7 Å². The van der Waals surface area contributed by atoms with E-state index in [1.54, 1.807) is 7.11 Å². The van der Waals surface area contributed by atoms with Gasteiger partial charge in [0.15, 0.2) is 0 Å². The highest BCUT2D eigenvalue weighted by Gasteiger charge is 2.26. The minimum absolute atomic E-state index is 0.112. The van der Waals surface area contributed by atoms with Gasteiger partial charge in [0.25, 0.3) is 5.91 Å². The number of carbonyl (C=O) groups is 1. The zero-order chi connectivity index (χ0) is 13.8. The van der Waals surface area contributed by atoms with Crippen molar-refractivity contribution in [2.24, 2.45) is 0 Å². The topological polar surface area (TPSA) is 34.5 Å². The van der Waals surface area contributed by atoms with Gasteiger partial charge in [-0.25, -0.2) is 0 Å². The van der Waals surface area contributed by atoms with E-state index in [0.29, 0.717) is 6.54 Å². The van der Waals surface area contributed by atoms with E-state index in [4.69, 9.17) is 4.74 Å². The van der Waals surface area contributed by atoms with E-state index in [1.165, 1.54) is 0 Å². The van der Waals surface area contributed by atoms with Gasteiger partial charge in [-0.15, -0.1) is 0 Å². The zero-order valence-electron chi connectivity index (χ0n) is 11.6. The maximum atomic E-state index is 12.6. The summed E-state index contributed by atoms with van der Waals surface area (Å²) < 4.78 is 8.37. The van der Waals surface area contributed by atoms with Crippen LogP contribution in [0.5, 0.6) is 0 Å². The van der Waals surface area contributed by atoms with Crippen LogP contribution >= 0.6 is 15.9 Å². The van der Waals surface area contributed by atoms with Crippen molar-refractivity contribution in [1.29, 1.82) is 0 Å². The Morgan fingerprint density at radius 1 is 1.58 bits per heavy atom. The van der Waals surface area contributed by atoms with E-state index in [2.05, 4.69) is 22.9 Å². The normalized spacial score (nSPS) is 19.7. The lowest BCUT2D eigenvalue weighted by Crippen LogP contribution is -2.43. The fourth-order valence-electron chi connectivity index (χ4n) is 2.56. The third kappa shape index (κ3) is 3.39. The van der Waals surface area contributed by atoms with Crippen LogP contribution in [-0.4, -0.2) is 41.7 Å². The largest absolute Gasteiger partial charge is 0.380 e. The number of amides is 1. The van der Waals surface area contributed by atoms with Gasteiger partial charge >= 0.3 is 0 Å². The molecule has 0 bridgehead atoms. The summed E-state index contributed by atoms with van der Waals surface area (Å²) in [6.07, 6.45) is 5.23. The van der Waals surface area contributed by atoms with Crippen LogP contribution in [0.3, 0.4) is 0 Å². The summed E-state index contributed by atoms with van der Waals surface area (Å²) in [7, 11) is 1.72. The van der Waals surface area contributed by atoms with Crippen LogP contribution < -0.4 is 0 Å². The van der Waals surface area contributed by atoms with E-state index in [1.807, 2.05) is 21.7 Å². The number of nitrogens with zero attached hydrogens (tertiary/aromatic N) is 2. The van der Waals surface area contributed by atoms with Crippen LogP contribution in [0.4, 0.5) is 0 Å². The van der Waals surface area contributed by atoms with Crippen LogP contribution in [0, 0.1) is 0 Å². The number of aromatic nitrogens is 1. The van der Waals surface area contributed by atoms with Crippen molar-refractivity contribution >= 4 is 21.8 Å². The van der Waals surface area contributed by atoms with Crippen molar-refractivity contribution in [1.82, 2.24) is 9.47 Å². The van der Waals surface area contributed by atoms with Gasteiger partial charge < -0.3 is 14.2 Å². The highest BCUT2D eigenvalue weighted by molar-refractivity contribution is 9.10. The molecule has 0 radical (unpaired) electrons. The van der Waals surface area contributed by atoms with Gasteiger partial charge in [-0.05, 0) is 41.3 Å². The van der Waals surface area contributed by atoms with Crippen molar-refractivity contribution in [3.63, 3.8) is 0 Å². The molecule has 1 atom stereocenters. The summed E-state index contributed by atoms with van der Waals surface area (Å²) in [6, 6.07) is 1.91. The Morgan fingerprint density at radius 2 is 2.37 bits per heavy atom. The first-order valence-electron chi connectivity index (χ1n) is 6.83. The van der Waals surface area contributed by atoms with Gasteiger partial charge in [-0.2, -0.15) is 0 Å². The van der Waals surface area contributed by atoms with E-state index in [0.717, 1.165) is 42.5 Å². The maximum absolute atomic E-state index is 12.6. The van der Waals surface area contributed by atoms with E-state index in [9.17, 15) is 4.79 Å². The van der Waals surface area contributed by atoms with Gasteiger partial charge in [-0.1, -0.05) is 6.92 Å². The fraction of sp³-hybridized carbons (Fsp3) is 0.643. The number of aryl methyl sites for hydroxylation is 1. The Labute approximate surface area is 122 Å². The zero-order valence-corrected chi connectivity index (χ0v) is 13.1. The lowest BCUT2D eigenvalue weighted by Gasteiger charge is -2.32. The molecule has 0 N–H and O–H groups in total. The Bertz CT molecular complexity index is 445. The molecule has 2 heterocycles. The Kier molecular flexibility index (Phi) is 5.05. The molecule has 0 aromatic carbocycles. The minimum Gasteiger partial charge on any atom is -0.380 e. The second kappa shape index (κ2) is 6.57. The number of carbonyl (C=O) groups excluding carboxylic acids is 1. The first kappa shape index (κ1) is 14.6. The van der Waals surface area contributed by atoms with Crippen molar-refractivity contribution in [2.45, 2.75) is 38.8 Å². The van der Waals surface area contributed by atoms with Gasteiger partial charge in [-0.3, -0.25) is 4.79 Å². The predicted molar refractivity (Wildman–Crippen MR) is 78.4 cm³/mol. The molecule has 1 fully saturated rings. The standard InChI is InChI=1S/C14H21BrN2O2/c1-3-6-16-9-11(15)8-13(16)14(18)17-7-4-5-12(10-17)19-2/h8-9,12H,3-7,10H2,1-2H3. The second-order valence-electron chi connectivity index (χ2n) is 4.99. The Balaban J connectivity index is 2.14. The van der Waals surface area contributed by atoms with Gasteiger partial charge in [0.1, 0.15) is 5.69 Å². The van der Waals surface area contributed by atoms with Crippen molar-refractivity contribution < 1.29 is 9.53 Å². The van der Waals surface area contributed by atoms with Crippen LogP contribution in [0.25, 0.3) is 0 Å². The summed E-state index contributed by atoms with van der Waals surface area (Å²) in [5.74, 6) is 0.112. The highest BCUT2D eigenvalue weighted by Crippen LogP contribution is 2.20. The average Bonchev–Trinajstić information content (AvgIpc) is 2.79. The Morgan fingerprint density at radius 3 is 3.05 bits per heavy atom. The fourth-order valence-corrected chi connectivity index (χ4v) is 3.02. The highest BCUT2D eigenvalue weighted by atomic mass is 79.9. The van der Waals surface area contributed by atoms with Gasteiger partial charge in [0.2, 0.25) is 0 Å². The summed E-state index contributed by atoms with van der Waals surface area (Å²) in [5, 5.41) is 0. The quantitative estimate of drug-likeness (QED) is 0.851. The smallest absolute Gasteiger partial charge is 0.270 e. The number of methoxy groups -OCH3 is 1. The number of likely N-dealkylation sites (tertiary alicyclic amines) is 1. The molecule has 1 aliphatic heterocycles. The van der Waals surface area contributed by atoms with Crippen LogP contribution in [0.2, 0.25) is 0 Å². The van der Waals surface area contributed by atoms with Crippen molar-refractivity contribution in [3.05, 3.63) is 22.4 Å².